The van der Waals surface area contributed by atoms with Crippen molar-refractivity contribution < 1.29 is 14.3 Å². The summed E-state index contributed by atoms with van der Waals surface area (Å²) in [5.41, 5.74) is 3.49. The average molecular weight is 435 g/mol. The molecule has 0 aliphatic carbocycles. The first-order chi connectivity index (χ1) is 15.6. The SMILES string of the molecule is CCN1CCN(C(=O)CC[C@@H]2CCCO2)C[C@@H](Cc2ccc(-c3ccccc3)cc2)C1=O. The molecule has 0 aromatic heterocycles. The number of carbonyl (C=O) groups excluding carboxylic acids is 2. The first-order valence-electron chi connectivity index (χ1n) is 12.0. The van der Waals surface area contributed by atoms with Gasteiger partial charge in [-0.3, -0.25) is 9.59 Å². The molecule has 4 rings (SSSR count). The van der Waals surface area contributed by atoms with Crippen molar-refractivity contribution in [2.24, 2.45) is 5.92 Å². The molecule has 32 heavy (non-hydrogen) atoms. The van der Waals surface area contributed by atoms with Crippen molar-refractivity contribution in [3.05, 3.63) is 60.2 Å². The normalized spacial score (nSPS) is 21.6. The van der Waals surface area contributed by atoms with E-state index in [-0.39, 0.29) is 23.8 Å². The van der Waals surface area contributed by atoms with Gasteiger partial charge in [0.15, 0.2) is 0 Å². The van der Waals surface area contributed by atoms with E-state index < -0.39 is 0 Å². The summed E-state index contributed by atoms with van der Waals surface area (Å²) in [6.07, 6.45) is 4.30. The maximum absolute atomic E-state index is 13.2. The minimum atomic E-state index is -0.202. The van der Waals surface area contributed by atoms with E-state index in [2.05, 4.69) is 36.4 Å². The van der Waals surface area contributed by atoms with E-state index in [1.54, 1.807) is 0 Å². The molecule has 170 valence electrons. The Balaban J connectivity index is 1.42. The molecule has 2 saturated heterocycles. The number of benzene rings is 2. The van der Waals surface area contributed by atoms with E-state index >= 15 is 0 Å². The van der Waals surface area contributed by atoms with Crippen molar-refractivity contribution in [2.45, 2.75) is 45.1 Å². The summed E-state index contributed by atoms with van der Waals surface area (Å²) in [5.74, 6) is 0.108. The largest absolute Gasteiger partial charge is 0.378 e. The van der Waals surface area contributed by atoms with E-state index in [0.29, 0.717) is 39.0 Å². The van der Waals surface area contributed by atoms with Crippen LogP contribution in [0.2, 0.25) is 0 Å². The van der Waals surface area contributed by atoms with E-state index in [1.807, 2.05) is 34.9 Å². The quantitative estimate of drug-likeness (QED) is 0.657. The van der Waals surface area contributed by atoms with Crippen LogP contribution in [0.4, 0.5) is 0 Å². The van der Waals surface area contributed by atoms with Crippen LogP contribution in [0, 0.1) is 5.92 Å². The predicted molar refractivity (Wildman–Crippen MR) is 126 cm³/mol. The number of hydrogen-bond acceptors (Lipinski definition) is 3. The maximum atomic E-state index is 13.2. The van der Waals surface area contributed by atoms with Gasteiger partial charge in [-0.2, -0.15) is 0 Å². The molecular weight excluding hydrogens is 400 g/mol. The van der Waals surface area contributed by atoms with E-state index in [0.717, 1.165) is 31.4 Å². The molecule has 2 aliphatic heterocycles. The molecule has 0 saturated carbocycles. The number of hydrogen-bond donors (Lipinski definition) is 0. The van der Waals surface area contributed by atoms with Crippen molar-refractivity contribution in [3.8, 4) is 11.1 Å². The van der Waals surface area contributed by atoms with Crippen molar-refractivity contribution in [1.82, 2.24) is 9.80 Å². The maximum Gasteiger partial charge on any atom is 0.227 e. The molecule has 2 aromatic carbocycles. The third-order valence-electron chi connectivity index (χ3n) is 6.72. The summed E-state index contributed by atoms with van der Waals surface area (Å²) in [6.45, 7) is 5.24. The molecular formula is C27H34N2O3. The summed E-state index contributed by atoms with van der Waals surface area (Å²) in [4.78, 5) is 29.9. The Kier molecular flexibility index (Phi) is 7.59. The Labute approximate surface area is 191 Å². The van der Waals surface area contributed by atoms with E-state index in [4.69, 9.17) is 4.74 Å². The number of carbonyl (C=O) groups is 2. The molecule has 0 spiro atoms. The zero-order valence-corrected chi connectivity index (χ0v) is 19.0. The molecule has 5 nitrogen and oxygen atoms in total. The van der Waals surface area contributed by atoms with E-state index in [1.165, 1.54) is 11.1 Å². The Hall–Kier alpha value is -2.66. The van der Waals surface area contributed by atoms with Crippen LogP contribution in [-0.2, 0) is 20.7 Å². The summed E-state index contributed by atoms with van der Waals surface area (Å²) in [5, 5.41) is 0. The number of amides is 2. The van der Waals surface area contributed by atoms with Gasteiger partial charge in [-0.05, 0) is 49.3 Å². The summed E-state index contributed by atoms with van der Waals surface area (Å²) in [7, 11) is 0. The Morgan fingerprint density at radius 3 is 2.47 bits per heavy atom. The molecule has 2 aliphatic rings. The molecule has 2 fully saturated rings. The Morgan fingerprint density at radius 2 is 1.78 bits per heavy atom. The van der Waals surface area contributed by atoms with Gasteiger partial charge in [0.1, 0.15) is 0 Å². The predicted octanol–water partition coefficient (Wildman–Crippen LogP) is 4.16. The fraction of sp³-hybridized carbons (Fsp3) is 0.481. The Bertz CT molecular complexity index is 891. The van der Waals surface area contributed by atoms with Gasteiger partial charge >= 0.3 is 0 Å². The smallest absolute Gasteiger partial charge is 0.227 e. The lowest BCUT2D eigenvalue weighted by Crippen LogP contribution is -2.38. The minimum absolute atomic E-state index is 0.149. The lowest BCUT2D eigenvalue weighted by atomic mass is 9.95. The van der Waals surface area contributed by atoms with E-state index in [9.17, 15) is 9.59 Å². The molecule has 2 aromatic rings. The Morgan fingerprint density at radius 1 is 1.03 bits per heavy atom. The number of rotatable bonds is 7. The lowest BCUT2D eigenvalue weighted by molar-refractivity contribution is -0.135. The van der Waals surface area contributed by atoms with Crippen LogP contribution >= 0.6 is 0 Å². The topological polar surface area (TPSA) is 49.9 Å². The van der Waals surface area contributed by atoms with Crippen molar-refractivity contribution >= 4 is 11.8 Å². The average Bonchev–Trinajstić information content (AvgIpc) is 3.30. The van der Waals surface area contributed by atoms with Gasteiger partial charge in [-0.25, -0.2) is 0 Å². The van der Waals surface area contributed by atoms with Crippen LogP contribution in [0.1, 0.15) is 38.2 Å². The van der Waals surface area contributed by atoms with Crippen LogP contribution in [0.15, 0.2) is 54.6 Å². The van der Waals surface area contributed by atoms with Crippen molar-refractivity contribution in [3.63, 3.8) is 0 Å². The molecule has 2 heterocycles. The highest BCUT2D eigenvalue weighted by molar-refractivity contribution is 5.82. The summed E-state index contributed by atoms with van der Waals surface area (Å²) in [6, 6.07) is 18.8. The second kappa shape index (κ2) is 10.8. The van der Waals surface area contributed by atoms with Crippen LogP contribution in [0.5, 0.6) is 0 Å². The van der Waals surface area contributed by atoms with Crippen LogP contribution in [0.25, 0.3) is 11.1 Å². The number of likely N-dealkylation sites (N-methyl/N-ethyl adjacent to an activating group) is 1. The third-order valence-corrected chi connectivity index (χ3v) is 6.72. The molecule has 0 bridgehead atoms. The first kappa shape index (κ1) is 22.5. The molecule has 5 heteroatoms. The summed E-state index contributed by atoms with van der Waals surface area (Å²) >= 11 is 0. The monoisotopic (exact) mass is 434 g/mol. The second-order valence-corrected chi connectivity index (χ2v) is 8.90. The molecule has 0 unspecified atom stereocenters. The standard InChI is InChI=1S/C27H34N2O3/c1-2-28-16-17-29(26(30)15-14-25-9-6-18-32-25)20-24(27(28)31)19-21-10-12-23(13-11-21)22-7-4-3-5-8-22/h3-5,7-8,10-13,24-25H,2,6,9,14-20H2,1H3/t24-,25+/m1/s1. The van der Waals surface area contributed by atoms with Gasteiger partial charge in [0.05, 0.1) is 12.0 Å². The van der Waals surface area contributed by atoms with Gasteiger partial charge < -0.3 is 14.5 Å². The first-order valence-corrected chi connectivity index (χ1v) is 12.0. The number of ether oxygens (including phenoxy) is 1. The molecule has 2 amide bonds. The van der Waals surface area contributed by atoms with Gasteiger partial charge in [0.25, 0.3) is 0 Å². The molecule has 2 atom stereocenters. The highest BCUT2D eigenvalue weighted by Gasteiger charge is 2.32. The third kappa shape index (κ3) is 5.57. The highest BCUT2D eigenvalue weighted by Crippen LogP contribution is 2.23. The van der Waals surface area contributed by atoms with Gasteiger partial charge in [0, 0.05) is 39.2 Å². The zero-order valence-electron chi connectivity index (χ0n) is 19.0. The fourth-order valence-electron chi connectivity index (χ4n) is 4.80. The zero-order chi connectivity index (χ0) is 22.3. The minimum Gasteiger partial charge on any atom is -0.378 e. The van der Waals surface area contributed by atoms with Gasteiger partial charge in [0.2, 0.25) is 11.8 Å². The van der Waals surface area contributed by atoms with Gasteiger partial charge in [-0.1, -0.05) is 54.6 Å². The fourth-order valence-corrected chi connectivity index (χ4v) is 4.80. The number of nitrogens with zero attached hydrogens (tertiary/aromatic N) is 2. The van der Waals surface area contributed by atoms with Crippen LogP contribution in [0.3, 0.4) is 0 Å². The van der Waals surface area contributed by atoms with Crippen LogP contribution in [-0.4, -0.2) is 60.5 Å². The second-order valence-electron chi connectivity index (χ2n) is 8.90. The molecule has 0 radical (unpaired) electrons. The summed E-state index contributed by atoms with van der Waals surface area (Å²) < 4.78 is 5.68. The van der Waals surface area contributed by atoms with Gasteiger partial charge in [-0.15, -0.1) is 0 Å². The lowest BCUT2D eigenvalue weighted by Gasteiger charge is -2.24. The highest BCUT2D eigenvalue weighted by atomic mass is 16.5. The van der Waals surface area contributed by atoms with Crippen molar-refractivity contribution in [2.75, 3.05) is 32.8 Å². The molecule has 0 N–H and O–H groups in total. The van der Waals surface area contributed by atoms with Crippen LogP contribution < -0.4 is 0 Å². The van der Waals surface area contributed by atoms with Crippen molar-refractivity contribution in [1.29, 1.82) is 0 Å².